The number of rotatable bonds is 8. The summed E-state index contributed by atoms with van der Waals surface area (Å²) in [5, 5.41) is 15.7. The van der Waals surface area contributed by atoms with Gasteiger partial charge in [0.15, 0.2) is 5.78 Å². The van der Waals surface area contributed by atoms with E-state index in [1.165, 1.54) is 0 Å². The van der Waals surface area contributed by atoms with Crippen LogP contribution >= 0.6 is 23.2 Å². The molecule has 1 N–H and O–H groups in total. The van der Waals surface area contributed by atoms with Crippen LogP contribution in [0.1, 0.15) is 49.3 Å². The van der Waals surface area contributed by atoms with Crippen LogP contribution in [0.4, 0.5) is 11.4 Å². The molecule has 312 valence electrons. The van der Waals surface area contributed by atoms with Gasteiger partial charge in [-0.05, 0) is 78.1 Å². The van der Waals surface area contributed by atoms with Crippen LogP contribution in [0.25, 0.3) is 0 Å². The van der Waals surface area contributed by atoms with Crippen molar-refractivity contribution in [1.82, 2.24) is 4.90 Å². The molecule has 0 unspecified atom stereocenters. The predicted molar refractivity (Wildman–Crippen MR) is 242 cm³/mol. The Balaban J connectivity index is 1.38. The van der Waals surface area contributed by atoms with E-state index >= 15 is 19.5 Å². The Morgan fingerprint density at radius 1 is 0.661 bits per heavy atom. The molecule has 1 saturated carbocycles. The van der Waals surface area contributed by atoms with Gasteiger partial charge >= 0.3 is 0 Å². The van der Waals surface area contributed by atoms with Gasteiger partial charge in [0.1, 0.15) is 16.4 Å². The van der Waals surface area contributed by atoms with E-state index in [0.717, 1.165) is 22.3 Å². The summed E-state index contributed by atoms with van der Waals surface area (Å²) in [6, 6.07) is 43.5. The van der Waals surface area contributed by atoms with Crippen molar-refractivity contribution in [2.24, 2.45) is 5.92 Å². The Bertz CT molecular complexity index is 2730. The summed E-state index contributed by atoms with van der Waals surface area (Å²) in [6.45, 7) is 5.45. The summed E-state index contributed by atoms with van der Waals surface area (Å²) in [6.07, 6.45) is 0. The van der Waals surface area contributed by atoms with Crippen LogP contribution in [0.5, 0.6) is 0 Å². The second kappa shape index (κ2) is 15.3. The van der Waals surface area contributed by atoms with Gasteiger partial charge < -0.3 is 19.6 Å². The average Bonchev–Trinajstić information content (AvgIpc) is 3.76. The van der Waals surface area contributed by atoms with Crippen LogP contribution in [0.2, 0.25) is 10.0 Å². The summed E-state index contributed by atoms with van der Waals surface area (Å²) in [4.78, 5) is 55.5. The first kappa shape index (κ1) is 40.5. The molecular weight excluding hydrogens is 817 g/mol. The third kappa shape index (κ3) is 5.81. The quantitative estimate of drug-likeness (QED) is 0.154. The molecule has 10 rings (SSSR count). The van der Waals surface area contributed by atoms with Crippen molar-refractivity contribution in [3.05, 3.63) is 200 Å². The van der Waals surface area contributed by atoms with Crippen molar-refractivity contribution >= 4 is 52.2 Å². The number of carbonyl (C=O) groups excluding carboxylic acids is 3. The van der Waals surface area contributed by atoms with Gasteiger partial charge in [0.05, 0.1) is 38.3 Å². The first-order chi connectivity index (χ1) is 30.0. The number of carbonyl (C=O) groups is 3. The maximum atomic E-state index is 16.8. The predicted octanol–water partition coefficient (Wildman–Crippen LogP) is 8.98. The van der Waals surface area contributed by atoms with Gasteiger partial charge in [-0.1, -0.05) is 144 Å². The Kier molecular flexibility index (Phi) is 10.0. The number of ether oxygens (including phenoxy) is 1. The fourth-order valence-electron chi connectivity index (χ4n) is 11.2. The number of fused-ring (bicyclic) bond motifs is 4. The van der Waals surface area contributed by atoms with Crippen molar-refractivity contribution in [2.45, 2.75) is 49.4 Å². The zero-order valence-corrected chi connectivity index (χ0v) is 35.9. The second-order valence-electron chi connectivity index (χ2n) is 17.1. The first-order valence-corrected chi connectivity index (χ1v) is 21.8. The molecule has 2 fully saturated rings. The van der Waals surface area contributed by atoms with Gasteiger partial charge in [-0.3, -0.25) is 19.3 Å². The molecule has 5 atom stereocenters. The number of benzene rings is 6. The van der Waals surface area contributed by atoms with E-state index < -0.39 is 46.0 Å². The maximum absolute atomic E-state index is 16.8. The summed E-state index contributed by atoms with van der Waals surface area (Å²) in [5.74, 6) is -2.89. The normalized spacial score (nSPS) is 25.5. The monoisotopic (exact) mass is 861 g/mol. The highest BCUT2D eigenvalue weighted by Crippen LogP contribution is 2.73. The number of aliphatic hydroxyl groups is 1. The smallest absolute Gasteiger partial charge is 0.242 e. The third-order valence-corrected chi connectivity index (χ3v) is 14.2. The van der Waals surface area contributed by atoms with E-state index in [9.17, 15) is 0 Å². The first-order valence-electron chi connectivity index (χ1n) is 21.0. The Morgan fingerprint density at radius 3 is 1.73 bits per heavy atom. The highest BCUT2D eigenvalue weighted by molar-refractivity contribution is 6.32. The fourth-order valence-corrected chi connectivity index (χ4v) is 11.5. The fraction of sp³-hybridized carbons (Fsp3) is 0.250. The van der Waals surface area contributed by atoms with Crippen molar-refractivity contribution in [2.75, 3.05) is 36.1 Å². The largest absolute Gasteiger partial charge is 0.382 e. The van der Waals surface area contributed by atoms with Crippen LogP contribution in [0.15, 0.2) is 146 Å². The van der Waals surface area contributed by atoms with Gasteiger partial charge in [0, 0.05) is 40.1 Å². The van der Waals surface area contributed by atoms with E-state index in [2.05, 4.69) is 4.90 Å². The van der Waals surface area contributed by atoms with E-state index in [4.69, 9.17) is 27.9 Å². The molecule has 4 aliphatic rings. The number of ketones is 1. The molecule has 62 heavy (non-hydrogen) atoms. The maximum Gasteiger partial charge on any atom is 0.242 e. The molecule has 10 heteroatoms. The molecule has 3 heterocycles. The van der Waals surface area contributed by atoms with Crippen LogP contribution in [-0.4, -0.2) is 59.9 Å². The lowest BCUT2D eigenvalue weighted by molar-refractivity contribution is -0.145. The SMILES string of the molecule is Cc1ccc(C(=O)[C@@H]2[C@@]3(C(=O)N(Cc4ccccc4)c4ccc(Cl)cc43)[C@@H](N3CCOCC3)[C@](O)(c3ccc(C)cc3)[C@]23C(=O)N(Cc2ccccc2)c2ccc(Cl)cc23)cc1. The number of hydrogen-bond donors (Lipinski definition) is 1. The standard InChI is InChI=1S/C52H45Cl2N3O5/c1-33-13-17-37(18-14-33)45(58)46-50(41-29-39(53)21-23-43(41)56(48(50)59)31-35-9-5-3-6-10-35)47(55-25-27-62-28-26-55)52(61,38-19-15-34(2)16-20-38)51(46)42-30-40(54)22-24-44(42)57(49(51)60)32-36-11-7-4-8-12-36/h3-24,29-30,46-47,61H,25-28,31-32H2,1-2H3/t46-,47-,50-,51+,52-/m1/s1. The van der Waals surface area contributed by atoms with Crippen molar-refractivity contribution in [3.8, 4) is 0 Å². The number of anilines is 2. The number of Topliss-reactive ketones (excluding diaryl/α,β-unsaturated/α-hetero) is 1. The number of halogens is 2. The summed E-state index contributed by atoms with van der Waals surface area (Å²) in [5.41, 5.74) is -0.0882. The summed E-state index contributed by atoms with van der Waals surface area (Å²) in [7, 11) is 0. The topological polar surface area (TPSA) is 90.4 Å². The third-order valence-electron chi connectivity index (χ3n) is 13.7. The van der Waals surface area contributed by atoms with E-state index in [1.54, 1.807) is 52.3 Å². The van der Waals surface area contributed by atoms with Crippen molar-refractivity contribution in [1.29, 1.82) is 0 Å². The van der Waals surface area contributed by atoms with Crippen LogP contribution in [0, 0.1) is 19.8 Å². The molecule has 6 aromatic rings. The Hall–Kier alpha value is -5.61. The molecule has 8 nitrogen and oxygen atoms in total. The number of hydrogen-bond acceptors (Lipinski definition) is 6. The Morgan fingerprint density at radius 2 is 1.16 bits per heavy atom. The zero-order valence-electron chi connectivity index (χ0n) is 34.4. The second-order valence-corrected chi connectivity index (χ2v) is 18.0. The number of morpholine rings is 1. The molecule has 3 aliphatic heterocycles. The van der Waals surface area contributed by atoms with Crippen LogP contribution in [0.3, 0.4) is 0 Å². The van der Waals surface area contributed by atoms with Crippen LogP contribution < -0.4 is 9.80 Å². The molecule has 2 amide bonds. The van der Waals surface area contributed by atoms with Gasteiger partial charge in [-0.25, -0.2) is 0 Å². The molecule has 2 spiro atoms. The van der Waals surface area contributed by atoms with Gasteiger partial charge in [-0.2, -0.15) is 0 Å². The number of nitrogens with zero attached hydrogens (tertiary/aromatic N) is 3. The molecular formula is C52H45Cl2N3O5. The van der Waals surface area contributed by atoms with Crippen molar-refractivity contribution in [3.63, 3.8) is 0 Å². The molecule has 1 aliphatic carbocycles. The van der Waals surface area contributed by atoms with Crippen molar-refractivity contribution < 1.29 is 24.2 Å². The number of amides is 2. The van der Waals surface area contributed by atoms with Gasteiger partial charge in [0.2, 0.25) is 11.8 Å². The van der Waals surface area contributed by atoms with Gasteiger partial charge in [0.25, 0.3) is 0 Å². The Labute approximate surface area is 371 Å². The molecule has 0 aromatic heterocycles. The lowest BCUT2D eigenvalue weighted by Gasteiger charge is -2.48. The van der Waals surface area contributed by atoms with E-state index in [-0.39, 0.29) is 13.1 Å². The average molecular weight is 863 g/mol. The molecule has 6 aromatic carbocycles. The summed E-state index contributed by atoms with van der Waals surface area (Å²) < 4.78 is 5.96. The summed E-state index contributed by atoms with van der Waals surface area (Å²) >= 11 is 14.1. The van der Waals surface area contributed by atoms with Gasteiger partial charge in [-0.15, -0.1) is 0 Å². The molecule has 1 saturated heterocycles. The number of aryl methyl sites for hydroxylation is 2. The van der Waals surface area contributed by atoms with E-state index in [0.29, 0.717) is 70.0 Å². The molecule has 0 bridgehead atoms. The van der Waals surface area contributed by atoms with E-state index in [1.807, 2.05) is 117 Å². The minimum Gasteiger partial charge on any atom is -0.382 e. The lowest BCUT2D eigenvalue weighted by Crippen LogP contribution is -2.64. The highest BCUT2D eigenvalue weighted by atomic mass is 35.5. The molecule has 0 radical (unpaired) electrons. The van der Waals surface area contributed by atoms with Crippen LogP contribution in [-0.2, 0) is 43.8 Å². The minimum atomic E-state index is -2.26. The zero-order chi connectivity index (χ0) is 43.0. The lowest BCUT2D eigenvalue weighted by atomic mass is 9.58. The minimum absolute atomic E-state index is 0.136. The highest BCUT2D eigenvalue weighted by Gasteiger charge is 2.87.